The molecule has 2 aromatic rings. The van der Waals surface area contributed by atoms with Crippen LogP contribution in [0.1, 0.15) is 48.7 Å². The summed E-state index contributed by atoms with van der Waals surface area (Å²) >= 11 is 0. The van der Waals surface area contributed by atoms with E-state index in [0.717, 1.165) is 0 Å². The van der Waals surface area contributed by atoms with E-state index in [1.165, 1.54) is 11.2 Å². The van der Waals surface area contributed by atoms with Crippen molar-refractivity contribution in [2.45, 2.75) is 51.8 Å². The number of Topliss-reactive ketones (excluding diaryl/α,β-unsaturated/α-hetero) is 2. The van der Waals surface area contributed by atoms with Gasteiger partial charge in [0.15, 0.2) is 11.4 Å². The van der Waals surface area contributed by atoms with Gasteiger partial charge in [0.1, 0.15) is 22.8 Å². The van der Waals surface area contributed by atoms with Gasteiger partial charge in [-0.15, -0.1) is 0 Å². The smallest absolute Gasteiger partial charge is 0.255 e. The summed E-state index contributed by atoms with van der Waals surface area (Å²) in [6, 6.07) is 2.52. The zero-order valence-corrected chi connectivity index (χ0v) is 24.3. The Morgan fingerprint density at radius 1 is 1.21 bits per heavy atom. The van der Waals surface area contributed by atoms with E-state index in [0.29, 0.717) is 28.8 Å². The van der Waals surface area contributed by atoms with Gasteiger partial charge in [-0.1, -0.05) is 20.8 Å². The molecule has 3 aliphatic carbocycles. The molecule has 4 atom stereocenters. The van der Waals surface area contributed by atoms with E-state index >= 15 is 0 Å². The second kappa shape index (κ2) is 10.1. The van der Waals surface area contributed by atoms with Crippen molar-refractivity contribution in [3.63, 3.8) is 0 Å². The van der Waals surface area contributed by atoms with Crippen LogP contribution in [0, 0.1) is 17.3 Å². The molecular formula is C31H37N3O8. The number of phenolic OH excluding ortho intramolecular Hbond substituents is 1. The number of primary amides is 1. The van der Waals surface area contributed by atoms with Crippen LogP contribution in [0.15, 0.2) is 51.7 Å². The number of aromatic hydroxyl groups is 1. The predicted octanol–water partition coefficient (Wildman–Crippen LogP) is 2.52. The highest BCUT2D eigenvalue weighted by atomic mass is 16.3. The first-order valence-corrected chi connectivity index (χ1v) is 13.8. The monoisotopic (exact) mass is 579 g/mol. The molecule has 0 bridgehead atoms. The van der Waals surface area contributed by atoms with E-state index in [9.17, 15) is 34.8 Å². The minimum Gasteiger partial charge on any atom is -0.510 e. The Labute approximate surface area is 243 Å². The molecule has 1 amide bonds. The number of allylic oxidation sites excluding steroid dienone is 1. The molecule has 0 fully saturated rings. The van der Waals surface area contributed by atoms with Gasteiger partial charge in [-0.3, -0.25) is 19.3 Å². The average Bonchev–Trinajstić information content (AvgIpc) is 3.41. The third kappa shape index (κ3) is 4.43. The second-order valence-corrected chi connectivity index (χ2v) is 12.9. The van der Waals surface area contributed by atoms with E-state index in [4.69, 9.17) is 10.2 Å². The number of phenols is 1. The van der Waals surface area contributed by atoms with Gasteiger partial charge in [0.05, 0.1) is 24.1 Å². The molecular weight excluding hydrogens is 542 g/mol. The van der Waals surface area contributed by atoms with E-state index in [1.807, 2.05) is 6.07 Å². The Morgan fingerprint density at radius 2 is 1.90 bits per heavy atom. The number of furan rings is 1. The number of hydrogen-bond acceptors (Lipinski definition) is 10. The van der Waals surface area contributed by atoms with Crippen molar-refractivity contribution >= 4 is 17.5 Å². The molecule has 224 valence electrons. The number of carbonyl (C=O) groups is 3. The number of nitrogens with one attached hydrogen (secondary N) is 1. The Balaban J connectivity index is 1.69. The number of carbonyl (C=O) groups excluding carboxylic acids is 3. The lowest BCUT2D eigenvalue weighted by atomic mass is 9.58. The van der Waals surface area contributed by atoms with Gasteiger partial charge in [0.25, 0.3) is 5.91 Å². The second-order valence-electron chi connectivity index (χ2n) is 12.9. The Kier molecular flexibility index (Phi) is 7.11. The van der Waals surface area contributed by atoms with Gasteiger partial charge in [0.2, 0.25) is 5.78 Å². The average molecular weight is 580 g/mol. The number of amides is 1. The SMILES string of the molecule is CN(C)[C@H]1C(O)=C(C(N)=O)C(=O)[C@]2(O)C(O)=C3C(=O)c4c(O)c(CNCC(C)(C)C)cc(-c5ccoc5)c4C[C@@H]3C[C@H]12. The maximum absolute atomic E-state index is 14.2. The van der Waals surface area contributed by atoms with Crippen molar-refractivity contribution in [2.75, 3.05) is 20.6 Å². The summed E-state index contributed by atoms with van der Waals surface area (Å²) in [6.07, 6.45) is 3.27. The van der Waals surface area contributed by atoms with Crippen LogP contribution in [0.4, 0.5) is 0 Å². The van der Waals surface area contributed by atoms with Crippen molar-refractivity contribution in [1.29, 1.82) is 0 Å². The van der Waals surface area contributed by atoms with E-state index < -0.39 is 58.0 Å². The summed E-state index contributed by atoms with van der Waals surface area (Å²) in [5.41, 5.74) is 4.03. The highest BCUT2D eigenvalue weighted by molar-refractivity contribution is 6.25. The summed E-state index contributed by atoms with van der Waals surface area (Å²) in [7, 11) is 3.19. The molecule has 11 heteroatoms. The lowest BCUT2D eigenvalue weighted by Gasteiger charge is -2.50. The third-order valence-electron chi connectivity index (χ3n) is 8.60. The van der Waals surface area contributed by atoms with Crippen LogP contribution in [0.2, 0.25) is 0 Å². The number of likely N-dealkylation sites (N-methyl/N-ethyl adjacent to an activating group) is 1. The van der Waals surface area contributed by atoms with Crippen molar-refractivity contribution in [3.8, 4) is 16.9 Å². The molecule has 1 aromatic heterocycles. The normalized spacial score (nSPS) is 25.9. The number of hydrogen-bond donors (Lipinski definition) is 6. The number of nitrogens with two attached hydrogens (primary N) is 1. The Hall–Kier alpha value is -3.93. The lowest BCUT2D eigenvalue weighted by molar-refractivity contribution is -0.148. The lowest BCUT2D eigenvalue weighted by Crippen LogP contribution is -2.63. The molecule has 0 saturated heterocycles. The molecule has 3 aliphatic rings. The predicted molar refractivity (Wildman–Crippen MR) is 153 cm³/mol. The molecule has 1 heterocycles. The van der Waals surface area contributed by atoms with Gasteiger partial charge in [0, 0.05) is 35.7 Å². The molecule has 5 rings (SSSR count). The van der Waals surface area contributed by atoms with Crippen LogP contribution in [0.5, 0.6) is 5.75 Å². The number of rotatable bonds is 6. The first-order chi connectivity index (χ1) is 19.6. The molecule has 0 unspecified atom stereocenters. The van der Waals surface area contributed by atoms with Crippen molar-refractivity contribution < 1.29 is 39.2 Å². The minimum atomic E-state index is -2.68. The highest BCUT2D eigenvalue weighted by Gasteiger charge is 2.63. The number of ketones is 2. The number of aliphatic hydroxyl groups excluding tert-OH is 2. The molecule has 0 spiro atoms. The highest BCUT2D eigenvalue weighted by Crippen LogP contribution is 2.53. The fourth-order valence-electron chi connectivity index (χ4n) is 6.76. The topological polar surface area (TPSA) is 187 Å². The van der Waals surface area contributed by atoms with Crippen LogP contribution in [-0.4, -0.2) is 75.1 Å². The summed E-state index contributed by atoms with van der Waals surface area (Å²) in [6.45, 7) is 7.09. The minimum absolute atomic E-state index is 0.0201. The summed E-state index contributed by atoms with van der Waals surface area (Å²) in [5.74, 6) is -6.74. The summed E-state index contributed by atoms with van der Waals surface area (Å²) in [5, 5.41) is 49.1. The van der Waals surface area contributed by atoms with Gasteiger partial charge < -0.3 is 35.9 Å². The fraction of sp³-hybridized carbons (Fsp3) is 0.452. The van der Waals surface area contributed by atoms with Crippen molar-refractivity contribution in [1.82, 2.24) is 10.2 Å². The molecule has 1 aromatic carbocycles. The van der Waals surface area contributed by atoms with Gasteiger partial charge in [-0.05, 0) is 61.5 Å². The molecule has 0 radical (unpaired) electrons. The van der Waals surface area contributed by atoms with Crippen LogP contribution in [0.3, 0.4) is 0 Å². The van der Waals surface area contributed by atoms with Gasteiger partial charge in [-0.25, -0.2) is 0 Å². The van der Waals surface area contributed by atoms with Crippen LogP contribution in [-0.2, 0) is 22.6 Å². The molecule has 0 saturated carbocycles. The van der Waals surface area contributed by atoms with E-state index in [-0.39, 0.29) is 41.7 Å². The maximum atomic E-state index is 14.2. The van der Waals surface area contributed by atoms with Crippen LogP contribution < -0.4 is 11.1 Å². The van der Waals surface area contributed by atoms with E-state index in [1.54, 1.807) is 26.4 Å². The molecule has 42 heavy (non-hydrogen) atoms. The largest absolute Gasteiger partial charge is 0.510 e. The van der Waals surface area contributed by atoms with Gasteiger partial charge in [-0.2, -0.15) is 0 Å². The Morgan fingerprint density at radius 3 is 2.48 bits per heavy atom. The molecule has 11 nitrogen and oxygen atoms in total. The van der Waals surface area contributed by atoms with Crippen LogP contribution >= 0.6 is 0 Å². The first-order valence-electron chi connectivity index (χ1n) is 13.8. The zero-order valence-electron chi connectivity index (χ0n) is 24.3. The van der Waals surface area contributed by atoms with Gasteiger partial charge >= 0.3 is 0 Å². The number of aliphatic hydroxyl groups is 3. The molecule has 7 N–H and O–H groups in total. The quantitative estimate of drug-likeness (QED) is 0.278. The number of benzene rings is 1. The van der Waals surface area contributed by atoms with Crippen molar-refractivity contribution in [3.05, 3.63) is 64.0 Å². The fourth-order valence-corrected chi connectivity index (χ4v) is 6.76. The third-order valence-corrected chi connectivity index (χ3v) is 8.60. The van der Waals surface area contributed by atoms with Crippen molar-refractivity contribution in [2.24, 2.45) is 23.0 Å². The Bertz CT molecular complexity index is 1550. The molecule has 0 aliphatic heterocycles. The van der Waals surface area contributed by atoms with Crippen LogP contribution in [0.25, 0.3) is 11.1 Å². The maximum Gasteiger partial charge on any atom is 0.255 e. The first kappa shape index (κ1) is 29.6. The number of fused-ring (bicyclic) bond motifs is 3. The zero-order chi connectivity index (χ0) is 30.9. The summed E-state index contributed by atoms with van der Waals surface area (Å²) < 4.78 is 5.32. The number of nitrogens with zero attached hydrogens (tertiary/aromatic N) is 1. The standard InChI is InChI=1S/C31H37N3O8/c1-30(2,3)13-33-11-16-9-17(14-6-7-42-12-14)18-8-15-10-19-23(34(4)5)26(37)22(29(32)40)28(39)31(19,41)27(38)20(15)25(36)21(18)24(16)35/h6-7,9,12,15,19,23,33,35,37-38,41H,8,10-11,13H2,1-5H3,(H2,32,40)/t15-,19-,23-,31-/m1/s1. The van der Waals surface area contributed by atoms with E-state index in [2.05, 4.69) is 26.1 Å². The summed E-state index contributed by atoms with van der Waals surface area (Å²) in [4.78, 5) is 41.4.